The third-order valence-electron chi connectivity index (χ3n) is 6.58. The first kappa shape index (κ1) is 23.5. The molecule has 1 aliphatic rings. The van der Waals surface area contributed by atoms with Gasteiger partial charge in [0.25, 0.3) is 5.91 Å². The van der Waals surface area contributed by atoms with Crippen molar-refractivity contribution in [2.45, 2.75) is 58.0 Å². The van der Waals surface area contributed by atoms with E-state index in [-0.39, 0.29) is 18.2 Å². The smallest absolute Gasteiger partial charge is 0.254 e. The lowest BCUT2D eigenvalue weighted by atomic mass is 9.93. The number of hydrogen-bond donors (Lipinski definition) is 2. The zero-order valence-electron chi connectivity index (χ0n) is 19.8. The summed E-state index contributed by atoms with van der Waals surface area (Å²) >= 11 is 0. The van der Waals surface area contributed by atoms with Crippen LogP contribution in [0.25, 0.3) is 16.7 Å². The molecule has 2 aromatic carbocycles. The molecule has 0 saturated heterocycles. The number of aryl methyl sites for hydroxylation is 1. The number of nitrogens with one attached hydrogen (secondary N) is 1. The molecule has 7 heteroatoms. The van der Waals surface area contributed by atoms with E-state index in [9.17, 15) is 9.59 Å². The first-order valence-electron chi connectivity index (χ1n) is 12.1. The lowest BCUT2D eigenvalue weighted by Crippen LogP contribution is -2.41. The largest absolute Gasteiger partial charge is 0.370 e. The third kappa shape index (κ3) is 5.14. The van der Waals surface area contributed by atoms with E-state index >= 15 is 0 Å². The maximum atomic E-state index is 13.4. The number of imidazole rings is 1. The summed E-state index contributed by atoms with van der Waals surface area (Å²) in [6.45, 7) is 7.26. The Morgan fingerprint density at radius 3 is 2.53 bits per heavy atom. The normalized spacial score (nSPS) is 14.1. The molecule has 0 spiro atoms. The van der Waals surface area contributed by atoms with Gasteiger partial charge in [-0.15, -0.1) is 0 Å². The number of anilines is 1. The van der Waals surface area contributed by atoms with Crippen LogP contribution in [0, 0.1) is 0 Å². The molecular weight excluding hydrogens is 426 g/mol. The number of aromatic nitrogens is 2. The molecule has 0 aliphatic heterocycles. The summed E-state index contributed by atoms with van der Waals surface area (Å²) in [6, 6.07) is 15.7. The average Bonchev–Trinajstić information content (AvgIpc) is 3.20. The molecule has 3 aromatic rings. The summed E-state index contributed by atoms with van der Waals surface area (Å²) in [5.74, 6) is 0.230. The van der Waals surface area contributed by atoms with Crippen LogP contribution in [0.2, 0.25) is 0 Å². The van der Waals surface area contributed by atoms with Gasteiger partial charge in [-0.25, -0.2) is 4.98 Å². The van der Waals surface area contributed by atoms with Gasteiger partial charge < -0.3 is 20.5 Å². The predicted octanol–water partition coefficient (Wildman–Crippen LogP) is 4.79. The van der Waals surface area contributed by atoms with E-state index < -0.39 is 0 Å². The van der Waals surface area contributed by atoms with Crippen molar-refractivity contribution in [3.8, 4) is 0 Å². The quantitative estimate of drug-likeness (QED) is 0.481. The van der Waals surface area contributed by atoms with Crippen LogP contribution in [0.15, 0.2) is 55.1 Å². The summed E-state index contributed by atoms with van der Waals surface area (Å²) in [7, 11) is 0. The summed E-state index contributed by atoms with van der Waals surface area (Å²) < 4.78 is 1.92. The van der Waals surface area contributed by atoms with E-state index in [1.165, 1.54) is 19.3 Å². The lowest BCUT2D eigenvalue weighted by molar-refractivity contribution is -0.118. The van der Waals surface area contributed by atoms with E-state index in [1.807, 2.05) is 64.9 Å². The number of benzene rings is 2. The topological polar surface area (TPSA) is 93.2 Å². The van der Waals surface area contributed by atoms with Crippen LogP contribution in [0.3, 0.4) is 0 Å². The van der Waals surface area contributed by atoms with Crippen LogP contribution < -0.4 is 11.1 Å². The fraction of sp³-hybridized carbons (Fsp3) is 0.370. The monoisotopic (exact) mass is 459 g/mol. The van der Waals surface area contributed by atoms with Gasteiger partial charge in [-0.05, 0) is 43.5 Å². The maximum Gasteiger partial charge on any atom is 0.254 e. The Labute approximate surface area is 200 Å². The summed E-state index contributed by atoms with van der Waals surface area (Å²) in [6.07, 6.45) is 5.93. The van der Waals surface area contributed by atoms with Crippen molar-refractivity contribution < 1.29 is 9.59 Å². The number of rotatable bonds is 9. The molecule has 4 rings (SSSR count). The zero-order chi connectivity index (χ0) is 24.1. The molecular formula is C27H33N5O2. The van der Waals surface area contributed by atoms with Crippen molar-refractivity contribution >= 4 is 34.5 Å². The maximum absolute atomic E-state index is 13.4. The average molecular weight is 460 g/mol. The number of hydrogen-bond acceptors (Lipinski definition) is 4. The van der Waals surface area contributed by atoms with Gasteiger partial charge in [0.05, 0.1) is 11.0 Å². The highest BCUT2D eigenvalue weighted by Crippen LogP contribution is 2.27. The molecule has 178 valence electrons. The Bertz CT molecular complexity index is 1180. The van der Waals surface area contributed by atoms with Crippen LogP contribution in [-0.4, -0.2) is 38.9 Å². The second kappa shape index (κ2) is 10.5. The standard InChI is InChI=1S/C27H33N5O2/c1-3-31(22-12-8-5-9-13-22)26(34)21-14-15-24-23(18-21)30-27(32(24)17-16-25(28)33)29-19(2)20-10-6-4-7-11-20/h4,6-7,10-11,14-15,18,22H,2-3,5,8-9,12-13,16-17H2,1H3,(H2,28,33)(H,29,30). The number of carbonyl (C=O) groups is 2. The molecule has 1 saturated carbocycles. The molecule has 0 atom stereocenters. The second-order valence-electron chi connectivity index (χ2n) is 8.86. The van der Waals surface area contributed by atoms with Crippen LogP contribution in [0.5, 0.6) is 0 Å². The molecule has 2 amide bonds. The van der Waals surface area contributed by atoms with Crippen molar-refractivity contribution in [3.63, 3.8) is 0 Å². The van der Waals surface area contributed by atoms with Gasteiger partial charge in [0, 0.05) is 36.8 Å². The van der Waals surface area contributed by atoms with Gasteiger partial charge in [0.2, 0.25) is 11.9 Å². The highest BCUT2D eigenvalue weighted by Gasteiger charge is 2.25. The molecule has 3 N–H and O–H groups in total. The van der Waals surface area contributed by atoms with Crippen molar-refractivity contribution in [2.75, 3.05) is 11.9 Å². The van der Waals surface area contributed by atoms with Crippen LogP contribution in [0.4, 0.5) is 5.95 Å². The Balaban J connectivity index is 1.65. The molecule has 0 unspecified atom stereocenters. The number of primary amides is 1. The van der Waals surface area contributed by atoms with Gasteiger partial charge in [-0.3, -0.25) is 9.59 Å². The van der Waals surface area contributed by atoms with Crippen molar-refractivity contribution in [1.82, 2.24) is 14.5 Å². The van der Waals surface area contributed by atoms with Gasteiger partial charge >= 0.3 is 0 Å². The Hall–Kier alpha value is -3.61. The minimum atomic E-state index is -0.382. The van der Waals surface area contributed by atoms with E-state index in [1.54, 1.807) is 0 Å². The Kier molecular flexibility index (Phi) is 7.30. The number of nitrogens with two attached hydrogens (primary N) is 1. The molecule has 1 fully saturated rings. The highest BCUT2D eigenvalue weighted by molar-refractivity contribution is 5.98. The van der Waals surface area contributed by atoms with Crippen LogP contribution >= 0.6 is 0 Å². The van der Waals surface area contributed by atoms with E-state index in [0.29, 0.717) is 41.9 Å². The molecule has 7 nitrogen and oxygen atoms in total. The Morgan fingerprint density at radius 1 is 1.12 bits per heavy atom. The minimum absolute atomic E-state index is 0.0474. The number of fused-ring (bicyclic) bond motifs is 1. The Morgan fingerprint density at radius 2 is 1.85 bits per heavy atom. The van der Waals surface area contributed by atoms with Crippen molar-refractivity contribution in [2.24, 2.45) is 5.73 Å². The second-order valence-corrected chi connectivity index (χ2v) is 8.86. The van der Waals surface area contributed by atoms with E-state index in [4.69, 9.17) is 10.7 Å². The number of carbonyl (C=O) groups excluding carboxylic acids is 2. The summed E-state index contributed by atoms with van der Waals surface area (Å²) in [4.78, 5) is 31.6. The SMILES string of the molecule is C=C(Nc1nc2cc(C(=O)N(CC)C3CCCCC3)ccc2n1CCC(N)=O)c1ccccc1. The van der Waals surface area contributed by atoms with Gasteiger partial charge in [0.1, 0.15) is 0 Å². The molecule has 1 heterocycles. The number of amides is 2. The highest BCUT2D eigenvalue weighted by atomic mass is 16.2. The summed E-state index contributed by atoms with van der Waals surface area (Å²) in [5.41, 5.74) is 9.22. The van der Waals surface area contributed by atoms with Gasteiger partial charge in [-0.1, -0.05) is 56.2 Å². The zero-order valence-corrected chi connectivity index (χ0v) is 19.8. The molecule has 1 aromatic heterocycles. The molecule has 0 radical (unpaired) electrons. The predicted molar refractivity (Wildman–Crippen MR) is 136 cm³/mol. The van der Waals surface area contributed by atoms with Gasteiger partial charge in [0.15, 0.2) is 0 Å². The van der Waals surface area contributed by atoms with Crippen LogP contribution in [-0.2, 0) is 11.3 Å². The fourth-order valence-electron chi connectivity index (χ4n) is 4.78. The van der Waals surface area contributed by atoms with E-state index in [0.717, 1.165) is 23.9 Å². The third-order valence-corrected chi connectivity index (χ3v) is 6.58. The lowest BCUT2D eigenvalue weighted by Gasteiger charge is -2.33. The number of nitrogens with zero attached hydrogens (tertiary/aromatic N) is 3. The minimum Gasteiger partial charge on any atom is -0.370 e. The van der Waals surface area contributed by atoms with Crippen molar-refractivity contribution in [1.29, 1.82) is 0 Å². The molecule has 1 aliphatic carbocycles. The fourth-order valence-corrected chi connectivity index (χ4v) is 4.78. The first-order valence-corrected chi connectivity index (χ1v) is 12.1. The molecule has 34 heavy (non-hydrogen) atoms. The molecule has 0 bridgehead atoms. The van der Waals surface area contributed by atoms with Gasteiger partial charge in [-0.2, -0.15) is 0 Å². The first-order chi connectivity index (χ1) is 16.5. The van der Waals surface area contributed by atoms with Crippen LogP contribution in [0.1, 0.15) is 61.4 Å². The van der Waals surface area contributed by atoms with E-state index in [2.05, 4.69) is 11.9 Å². The summed E-state index contributed by atoms with van der Waals surface area (Å²) in [5, 5.41) is 3.28. The van der Waals surface area contributed by atoms with Crippen molar-refractivity contribution in [3.05, 3.63) is 66.2 Å².